The maximum atomic E-state index is 6.65. The average Bonchev–Trinajstić information content (AvgIpc) is 3.49. The van der Waals surface area contributed by atoms with Gasteiger partial charge in [-0.15, -0.1) is 0 Å². The van der Waals surface area contributed by atoms with Crippen LogP contribution in [0.4, 0.5) is 17.1 Å². The molecule has 9 aromatic rings. The Bertz CT molecular complexity index is 2480. The molecule has 0 bridgehead atoms. The molecule has 216 valence electrons. The summed E-state index contributed by atoms with van der Waals surface area (Å²) < 4.78 is 6.65. The van der Waals surface area contributed by atoms with Crippen LogP contribution in [0.2, 0.25) is 0 Å². The lowest BCUT2D eigenvalue weighted by Gasteiger charge is -2.25. The first kappa shape index (κ1) is 26.3. The highest BCUT2D eigenvalue weighted by atomic mass is 16.3. The van der Waals surface area contributed by atoms with Crippen molar-refractivity contribution in [3.63, 3.8) is 0 Å². The quantitative estimate of drug-likeness (QED) is 0.186. The van der Waals surface area contributed by atoms with Crippen LogP contribution in [0.1, 0.15) is 0 Å². The van der Waals surface area contributed by atoms with Gasteiger partial charge in [0.05, 0.1) is 0 Å². The van der Waals surface area contributed by atoms with Crippen molar-refractivity contribution in [3.8, 4) is 22.3 Å². The van der Waals surface area contributed by atoms with E-state index in [4.69, 9.17) is 4.42 Å². The fraction of sp³-hybridized carbons (Fsp3) is 0. The van der Waals surface area contributed by atoms with Crippen molar-refractivity contribution >= 4 is 60.5 Å². The number of rotatable bonds is 5. The Morgan fingerprint density at radius 1 is 0.348 bits per heavy atom. The van der Waals surface area contributed by atoms with Gasteiger partial charge in [0.2, 0.25) is 0 Å². The number of benzene rings is 8. The summed E-state index contributed by atoms with van der Waals surface area (Å²) in [5.41, 5.74) is 9.80. The monoisotopic (exact) mass is 587 g/mol. The van der Waals surface area contributed by atoms with Gasteiger partial charge in [-0.1, -0.05) is 115 Å². The molecule has 8 aromatic carbocycles. The summed E-state index contributed by atoms with van der Waals surface area (Å²) in [6, 6.07) is 62.5. The fourth-order valence-electron chi connectivity index (χ4n) is 6.92. The fourth-order valence-corrected chi connectivity index (χ4v) is 6.92. The minimum Gasteiger partial charge on any atom is -0.456 e. The molecule has 46 heavy (non-hydrogen) atoms. The lowest BCUT2D eigenvalue weighted by molar-refractivity contribution is 0.669. The highest BCUT2D eigenvalue weighted by Gasteiger charge is 2.17. The molecule has 0 atom stereocenters. The molecule has 1 aromatic heterocycles. The molecule has 1 heterocycles. The molecular formula is C44H29NO. The minimum atomic E-state index is 0.871. The normalized spacial score (nSPS) is 11.5. The third-order valence-electron chi connectivity index (χ3n) is 9.02. The molecule has 0 aliphatic rings. The van der Waals surface area contributed by atoms with Gasteiger partial charge in [0.1, 0.15) is 11.2 Å². The molecule has 0 spiro atoms. The number of furan rings is 1. The van der Waals surface area contributed by atoms with Gasteiger partial charge in [-0.2, -0.15) is 0 Å². The average molecular weight is 588 g/mol. The summed E-state index contributed by atoms with van der Waals surface area (Å²) in [7, 11) is 0. The zero-order valence-corrected chi connectivity index (χ0v) is 25.1. The van der Waals surface area contributed by atoms with Crippen LogP contribution in [0.3, 0.4) is 0 Å². The number of hydrogen-bond donors (Lipinski definition) is 0. The van der Waals surface area contributed by atoms with Crippen molar-refractivity contribution in [2.45, 2.75) is 0 Å². The van der Waals surface area contributed by atoms with E-state index in [-0.39, 0.29) is 0 Å². The topological polar surface area (TPSA) is 16.4 Å². The van der Waals surface area contributed by atoms with Crippen molar-refractivity contribution in [3.05, 3.63) is 176 Å². The van der Waals surface area contributed by atoms with E-state index in [2.05, 4.69) is 169 Å². The van der Waals surface area contributed by atoms with Gasteiger partial charge in [-0.25, -0.2) is 0 Å². The second kappa shape index (κ2) is 10.8. The zero-order valence-electron chi connectivity index (χ0n) is 25.1. The summed E-state index contributed by atoms with van der Waals surface area (Å²) in [6.07, 6.45) is 0. The van der Waals surface area contributed by atoms with E-state index in [9.17, 15) is 0 Å². The van der Waals surface area contributed by atoms with Gasteiger partial charge >= 0.3 is 0 Å². The molecule has 0 saturated heterocycles. The van der Waals surface area contributed by atoms with E-state index in [0.29, 0.717) is 0 Å². The van der Waals surface area contributed by atoms with E-state index >= 15 is 0 Å². The maximum Gasteiger partial charge on any atom is 0.137 e. The van der Waals surface area contributed by atoms with Crippen molar-refractivity contribution in [2.24, 2.45) is 0 Å². The number of hydrogen-bond acceptors (Lipinski definition) is 2. The first-order valence-corrected chi connectivity index (χ1v) is 15.7. The molecule has 0 radical (unpaired) electrons. The van der Waals surface area contributed by atoms with Crippen LogP contribution in [-0.4, -0.2) is 0 Å². The molecule has 0 N–H and O–H groups in total. The number of nitrogens with zero attached hydrogens (tertiary/aromatic N) is 1. The Kier molecular flexibility index (Phi) is 6.17. The second-order valence-electron chi connectivity index (χ2n) is 11.7. The molecule has 9 rings (SSSR count). The van der Waals surface area contributed by atoms with E-state index in [1.54, 1.807) is 0 Å². The number of fused-ring (bicyclic) bond motifs is 6. The molecule has 0 unspecified atom stereocenters. The predicted molar refractivity (Wildman–Crippen MR) is 194 cm³/mol. The molecular weight excluding hydrogens is 558 g/mol. The summed E-state index contributed by atoms with van der Waals surface area (Å²) in [4.78, 5) is 2.27. The van der Waals surface area contributed by atoms with E-state index in [0.717, 1.165) is 44.6 Å². The Hall–Kier alpha value is -6.12. The van der Waals surface area contributed by atoms with Crippen molar-refractivity contribution < 1.29 is 4.42 Å². The second-order valence-corrected chi connectivity index (χ2v) is 11.7. The van der Waals surface area contributed by atoms with Crippen LogP contribution in [-0.2, 0) is 0 Å². The Balaban J connectivity index is 1.22. The van der Waals surface area contributed by atoms with E-state index < -0.39 is 0 Å². The van der Waals surface area contributed by atoms with Crippen LogP contribution >= 0.6 is 0 Å². The van der Waals surface area contributed by atoms with E-state index in [1.165, 1.54) is 38.2 Å². The van der Waals surface area contributed by atoms with Crippen LogP contribution in [0.5, 0.6) is 0 Å². The largest absolute Gasteiger partial charge is 0.456 e. The van der Waals surface area contributed by atoms with Gasteiger partial charge in [-0.3, -0.25) is 0 Å². The number of anilines is 3. The van der Waals surface area contributed by atoms with Crippen molar-refractivity contribution in [1.29, 1.82) is 0 Å². The van der Waals surface area contributed by atoms with Gasteiger partial charge < -0.3 is 9.32 Å². The molecule has 0 fully saturated rings. The van der Waals surface area contributed by atoms with Crippen LogP contribution < -0.4 is 4.90 Å². The highest BCUT2D eigenvalue weighted by molar-refractivity contribution is 6.19. The van der Waals surface area contributed by atoms with Gasteiger partial charge in [0.25, 0.3) is 0 Å². The lowest BCUT2D eigenvalue weighted by atomic mass is 9.88. The molecule has 0 aliphatic heterocycles. The van der Waals surface area contributed by atoms with E-state index in [1.807, 2.05) is 12.1 Å². The summed E-state index contributed by atoms with van der Waals surface area (Å²) in [5, 5.41) is 7.25. The Morgan fingerprint density at radius 2 is 0.957 bits per heavy atom. The number of para-hydroxylation sites is 2. The van der Waals surface area contributed by atoms with Gasteiger partial charge in [0.15, 0.2) is 0 Å². The maximum absolute atomic E-state index is 6.65. The minimum absolute atomic E-state index is 0.871. The standard InChI is InChI=1S/C44H29NO/c1-4-13-30(14-5-1)41-27-31-15-10-11-20-36(31)40-22-12-21-37(44(40)41)32-23-25-38-39-26-24-35(29-43(39)46-42(38)28-32)45(33-16-6-2-7-17-33)34-18-8-3-9-19-34/h1-29H. The SMILES string of the molecule is c1ccc(-c2cc3ccccc3c3cccc(-c4ccc5c(c4)oc4cc(N(c6ccccc6)c6ccccc6)ccc45)c23)cc1. The molecule has 0 saturated carbocycles. The van der Waals surface area contributed by atoms with Crippen LogP contribution in [0.25, 0.3) is 65.7 Å². The Morgan fingerprint density at radius 3 is 1.70 bits per heavy atom. The summed E-state index contributed by atoms with van der Waals surface area (Å²) in [6.45, 7) is 0. The highest BCUT2D eigenvalue weighted by Crippen LogP contribution is 2.43. The van der Waals surface area contributed by atoms with Crippen molar-refractivity contribution in [2.75, 3.05) is 4.90 Å². The molecule has 2 nitrogen and oxygen atoms in total. The predicted octanol–water partition coefficient (Wildman–Crippen LogP) is 12.7. The van der Waals surface area contributed by atoms with Gasteiger partial charge in [-0.05, 0) is 98.4 Å². The van der Waals surface area contributed by atoms with Gasteiger partial charge in [0, 0.05) is 33.9 Å². The van der Waals surface area contributed by atoms with Crippen LogP contribution in [0, 0.1) is 0 Å². The molecule has 0 amide bonds. The molecule has 2 heteroatoms. The summed E-state index contributed by atoms with van der Waals surface area (Å²) in [5.74, 6) is 0. The third kappa shape index (κ3) is 4.35. The van der Waals surface area contributed by atoms with Crippen molar-refractivity contribution in [1.82, 2.24) is 0 Å². The first-order chi connectivity index (χ1) is 22.8. The first-order valence-electron chi connectivity index (χ1n) is 15.7. The smallest absolute Gasteiger partial charge is 0.137 e. The lowest BCUT2D eigenvalue weighted by Crippen LogP contribution is -2.09. The molecule has 0 aliphatic carbocycles. The van der Waals surface area contributed by atoms with Crippen LogP contribution in [0.15, 0.2) is 180 Å². The third-order valence-corrected chi connectivity index (χ3v) is 9.02. The Labute approximate surface area is 267 Å². The summed E-state index contributed by atoms with van der Waals surface area (Å²) >= 11 is 0. The zero-order chi connectivity index (χ0) is 30.5.